The highest BCUT2D eigenvalue weighted by molar-refractivity contribution is 5.91. The molecule has 0 radical (unpaired) electrons. The number of carboxylic acids is 1. The van der Waals surface area contributed by atoms with E-state index in [0.717, 1.165) is 11.3 Å². The van der Waals surface area contributed by atoms with Gasteiger partial charge in [-0.25, -0.2) is 4.79 Å². The molecule has 140 valence electrons. The molecule has 2 aromatic carbocycles. The quantitative estimate of drug-likeness (QED) is 0.684. The molecule has 0 saturated heterocycles. The second kappa shape index (κ2) is 7.86. The van der Waals surface area contributed by atoms with Crippen molar-refractivity contribution >= 4 is 5.97 Å². The van der Waals surface area contributed by atoms with Gasteiger partial charge in [0.2, 0.25) is 5.82 Å². The maximum Gasteiger partial charge on any atom is 0.339 e. The Morgan fingerprint density at radius 3 is 2.56 bits per heavy atom. The first-order valence-corrected chi connectivity index (χ1v) is 8.41. The van der Waals surface area contributed by atoms with Gasteiger partial charge in [0.05, 0.1) is 19.8 Å². The number of tetrazole rings is 1. The van der Waals surface area contributed by atoms with Crippen LogP contribution in [0.2, 0.25) is 0 Å². The van der Waals surface area contributed by atoms with Crippen LogP contribution in [-0.4, -0.2) is 44.5 Å². The van der Waals surface area contributed by atoms with E-state index in [1.54, 1.807) is 19.2 Å². The van der Waals surface area contributed by atoms with Crippen molar-refractivity contribution in [1.29, 1.82) is 0 Å². The van der Waals surface area contributed by atoms with Crippen LogP contribution in [0.15, 0.2) is 42.5 Å². The van der Waals surface area contributed by atoms with Gasteiger partial charge in [0.15, 0.2) is 0 Å². The summed E-state index contributed by atoms with van der Waals surface area (Å²) in [6.07, 6.45) is -0.155. The van der Waals surface area contributed by atoms with Crippen LogP contribution < -0.4 is 9.47 Å². The average molecular weight is 368 g/mol. The van der Waals surface area contributed by atoms with Crippen LogP contribution in [0.3, 0.4) is 0 Å². The Balaban J connectivity index is 1.83. The molecule has 8 heteroatoms. The summed E-state index contributed by atoms with van der Waals surface area (Å²) in [6, 6.07) is 12.3. The summed E-state index contributed by atoms with van der Waals surface area (Å²) in [5.41, 5.74) is 1.74. The van der Waals surface area contributed by atoms with Crippen molar-refractivity contribution < 1.29 is 19.4 Å². The SMILES string of the molecule is COc1ccc(Cn2nnc(-c3ccc(C(=O)O)c(OC(C)C)c3)n2)cc1. The molecule has 3 aromatic rings. The van der Waals surface area contributed by atoms with E-state index < -0.39 is 5.97 Å². The number of aromatic nitrogens is 4. The normalized spacial score (nSPS) is 10.8. The maximum atomic E-state index is 11.4. The molecule has 0 aliphatic rings. The number of hydrogen-bond donors (Lipinski definition) is 1. The van der Waals surface area contributed by atoms with Crippen LogP contribution in [0.5, 0.6) is 11.5 Å². The average Bonchev–Trinajstić information content (AvgIpc) is 3.10. The van der Waals surface area contributed by atoms with E-state index in [1.807, 2.05) is 38.1 Å². The van der Waals surface area contributed by atoms with Crippen molar-refractivity contribution in [1.82, 2.24) is 20.2 Å². The summed E-state index contributed by atoms with van der Waals surface area (Å²) in [6.45, 7) is 4.13. The largest absolute Gasteiger partial charge is 0.497 e. The number of ether oxygens (including phenoxy) is 2. The Labute approximate surface area is 156 Å². The highest BCUT2D eigenvalue weighted by Gasteiger charge is 2.16. The number of benzene rings is 2. The lowest BCUT2D eigenvalue weighted by atomic mass is 10.1. The Hall–Kier alpha value is -3.42. The van der Waals surface area contributed by atoms with Gasteiger partial charge >= 0.3 is 5.97 Å². The van der Waals surface area contributed by atoms with Gasteiger partial charge in [-0.3, -0.25) is 0 Å². The number of rotatable bonds is 7. The van der Waals surface area contributed by atoms with Crippen LogP contribution in [-0.2, 0) is 6.54 Å². The second-order valence-electron chi connectivity index (χ2n) is 6.17. The minimum atomic E-state index is -1.05. The molecule has 0 amide bonds. The summed E-state index contributed by atoms with van der Waals surface area (Å²) in [4.78, 5) is 12.8. The van der Waals surface area contributed by atoms with Crippen LogP contribution in [0, 0.1) is 0 Å². The van der Waals surface area contributed by atoms with Gasteiger partial charge in [0.25, 0.3) is 0 Å². The lowest BCUT2D eigenvalue weighted by Crippen LogP contribution is -2.10. The predicted octanol–water partition coefficient (Wildman–Crippen LogP) is 2.88. The number of carbonyl (C=O) groups is 1. The molecule has 0 aliphatic carbocycles. The highest BCUT2D eigenvalue weighted by Crippen LogP contribution is 2.26. The third kappa shape index (κ3) is 4.41. The van der Waals surface area contributed by atoms with Crippen LogP contribution in [0.4, 0.5) is 0 Å². The zero-order valence-corrected chi connectivity index (χ0v) is 15.3. The molecule has 0 spiro atoms. The first-order chi connectivity index (χ1) is 13.0. The number of aromatic carboxylic acids is 1. The highest BCUT2D eigenvalue weighted by atomic mass is 16.5. The summed E-state index contributed by atoms with van der Waals surface area (Å²) in [5.74, 6) is 0.408. The predicted molar refractivity (Wildman–Crippen MR) is 98.1 cm³/mol. The van der Waals surface area contributed by atoms with E-state index in [1.165, 1.54) is 10.9 Å². The molecule has 0 unspecified atom stereocenters. The van der Waals surface area contributed by atoms with Crippen LogP contribution >= 0.6 is 0 Å². The lowest BCUT2D eigenvalue weighted by Gasteiger charge is -2.12. The smallest absolute Gasteiger partial charge is 0.339 e. The molecule has 0 aliphatic heterocycles. The van der Waals surface area contributed by atoms with Crippen LogP contribution in [0.1, 0.15) is 29.8 Å². The maximum absolute atomic E-state index is 11.4. The number of hydrogen-bond acceptors (Lipinski definition) is 6. The van der Waals surface area contributed by atoms with Gasteiger partial charge in [-0.05, 0) is 55.0 Å². The van der Waals surface area contributed by atoms with Gasteiger partial charge < -0.3 is 14.6 Å². The fourth-order valence-corrected chi connectivity index (χ4v) is 2.51. The van der Waals surface area contributed by atoms with E-state index in [0.29, 0.717) is 17.9 Å². The molecule has 0 saturated carbocycles. The molecule has 1 heterocycles. The standard InChI is InChI=1S/C19H20N4O4/c1-12(2)27-17-10-14(6-9-16(17)19(24)25)18-20-22-23(21-18)11-13-4-7-15(26-3)8-5-13/h4-10,12H,11H2,1-3H3,(H,24,25). The van der Waals surface area contributed by atoms with E-state index in [9.17, 15) is 9.90 Å². The zero-order chi connectivity index (χ0) is 19.4. The summed E-state index contributed by atoms with van der Waals surface area (Å²) < 4.78 is 10.8. The fourth-order valence-electron chi connectivity index (χ4n) is 2.51. The minimum Gasteiger partial charge on any atom is -0.497 e. The lowest BCUT2D eigenvalue weighted by molar-refractivity contribution is 0.0690. The molecule has 0 bridgehead atoms. The zero-order valence-electron chi connectivity index (χ0n) is 15.3. The van der Waals surface area contributed by atoms with E-state index >= 15 is 0 Å². The van der Waals surface area contributed by atoms with Crippen molar-refractivity contribution in [2.75, 3.05) is 7.11 Å². The molecule has 1 aromatic heterocycles. The number of nitrogens with zero attached hydrogens (tertiary/aromatic N) is 4. The van der Waals surface area contributed by atoms with Crippen molar-refractivity contribution in [3.63, 3.8) is 0 Å². The van der Waals surface area contributed by atoms with Gasteiger partial charge in [-0.1, -0.05) is 12.1 Å². The summed E-state index contributed by atoms with van der Waals surface area (Å²) in [5, 5.41) is 21.8. The third-order valence-electron chi connectivity index (χ3n) is 3.77. The van der Waals surface area contributed by atoms with E-state index in [-0.39, 0.29) is 17.4 Å². The number of carboxylic acid groups (broad SMARTS) is 1. The molecular weight excluding hydrogens is 348 g/mol. The molecular formula is C19H20N4O4. The van der Waals surface area contributed by atoms with Crippen LogP contribution in [0.25, 0.3) is 11.4 Å². The Morgan fingerprint density at radius 2 is 1.93 bits per heavy atom. The van der Waals surface area contributed by atoms with Gasteiger partial charge in [0, 0.05) is 5.56 Å². The molecule has 1 N–H and O–H groups in total. The Bertz CT molecular complexity index is 935. The molecule has 3 rings (SSSR count). The van der Waals surface area contributed by atoms with Gasteiger partial charge in [0.1, 0.15) is 17.1 Å². The Morgan fingerprint density at radius 1 is 1.19 bits per heavy atom. The topological polar surface area (TPSA) is 99.4 Å². The molecule has 27 heavy (non-hydrogen) atoms. The van der Waals surface area contributed by atoms with Crippen molar-refractivity contribution in [3.8, 4) is 22.9 Å². The molecule has 0 fully saturated rings. The Kier molecular flexibility index (Phi) is 5.35. The van der Waals surface area contributed by atoms with Crippen molar-refractivity contribution in [2.45, 2.75) is 26.5 Å². The van der Waals surface area contributed by atoms with Gasteiger partial charge in [-0.15, -0.1) is 10.2 Å². The van der Waals surface area contributed by atoms with E-state index in [2.05, 4.69) is 15.4 Å². The van der Waals surface area contributed by atoms with E-state index in [4.69, 9.17) is 9.47 Å². The molecule has 8 nitrogen and oxygen atoms in total. The summed E-state index contributed by atoms with van der Waals surface area (Å²) in [7, 11) is 1.62. The third-order valence-corrected chi connectivity index (χ3v) is 3.77. The minimum absolute atomic E-state index is 0.0954. The van der Waals surface area contributed by atoms with Gasteiger partial charge in [-0.2, -0.15) is 4.80 Å². The fraction of sp³-hybridized carbons (Fsp3) is 0.263. The summed E-state index contributed by atoms with van der Waals surface area (Å²) >= 11 is 0. The first-order valence-electron chi connectivity index (χ1n) is 8.41. The first kappa shape index (κ1) is 18.4. The van der Waals surface area contributed by atoms with Crippen molar-refractivity contribution in [3.05, 3.63) is 53.6 Å². The second-order valence-corrected chi connectivity index (χ2v) is 6.17. The monoisotopic (exact) mass is 368 g/mol. The van der Waals surface area contributed by atoms with Crippen molar-refractivity contribution in [2.24, 2.45) is 0 Å². The molecule has 0 atom stereocenters. The number of methoxy groups -OCH3 is 1.